The summed E-state index contributed by atoms with van der Waals surface area (Å²) in [5.41, 5.74) is 0.585. The van der Waals surface area contributed by atoms with Gasteiger partial charge in [0, 0.05) is 19.5 Å². The van der Waals surface area contributed by atoms with E-state index in [2.05, 4.69) is 20.9 Å². The van der Waals surface area contributed by atoms with Crippen LogP contribution in [0, 0.1) is 0 Å². The SMILES string of the molecule is Cn1c(Br)nc2c1c(=O)n(Cc1ccc3ccccc3c1Cl)c(=O)n2C. The lowest BCUT2D eigenvalue weighted by Crippen LogP contribution is -2.39. The predicted octanol–water partition coefficient (Wildman–Crippen LogP) is 3.05. The Hall–Kier alpha value is -2.38. The number of aromatic nitrogens is 4. The third kappa shape index (κ3) is 2.42. The lowest BCUT2D eigenvalue weighted by molar-refractivity contribution is 0.655. The number of rotatable bonds is 2. The predicted molar refractivity (Wildman–Crippen MR) is 106 cm³/mol. The van der Waals surface area contributed by atoms with Crippen molar-refractivity contribution in [1.29, 1.82) is 0 Å². The van der Waals surface area contributed by atoms with Gasteiger partial charge in [0.1, 0.15) is 0 Å². The fraction of sp³-hybridized carbons (Fsp3) is 0.167. The van der Waals surface area contributed by atoms with Gasteiger partial charge in [0.2, 0.25) is 0 Å². The summed E-state index contributed by atoms with van der Waals surface area (Å²) < 4.78 is 4.67. The van der Waals surface area contributed by atoms with E-state index in [4.69, 9.17) is 11.6 Å². The Balaban J connectivity index is 1.96. The topological polar surface area (TPSA) is 61.8 Å². The second kappa shape index (κ2) is 6.10. The van der Waals surface area contributed by atoms with E-state index in [9.17, 15) is 9.59 Å². The molecule has 4 rings (SSSR count). The first-order valence-electron chi connectivity index (χ1n) is 7.88. The molecule has 0 radical (unpaired) electrons. The molecular weight excluding hydrogens is 420 g/mol. The van der Waals surface area contributed by atoms with Crippen molar-refractivity contribution in [3.8, 4) is 0 Å². The number of fused-ring (bicyclic) bond motifs is 2. The van der Waals surface area contributed by atoms with Crippen molar-refractivity contribution in [1.82, 2.24) is 18.7 Å². The maximum absolute atomic E-state index is 12.9. The summed E-state index contributed by atoms with van der Waals surface area (Å²) in [5.74, 6) is 0. The van der Waals surface area contributed by atoms with Crippen LogP contribution in [-0.4, -0.2) is 18.7 Å². The largest absolute Gasteiger partial charge is 0.332 e. The first-order chi connectivity index (χ1) is 12.4. The summed E-state index contributed by atoms with van der Waals surface area (Å²) in [7, 11) is 3.32. The zero-order valence-corrected chi connectivity index (χ0v) is 16.4. The van der Waals surface area contributed by atoms with Crippen LogP contribution < -0.4 is 11.2 Å². The Morgan fingerprint density at radius 1 is 1.08 bits per heavy atom. The van der Waals surface area contributed by atoms with E-state index >= 15 is 0 Å². The zero-order chi connectivity index (χ0) is 18.6. The van der Waals surface area contributed by atoms with E-state index < -0.39 is 11.2 Å². The van der Waals surface area contributed by atoms with E-state index in [1.807, 2.05) is 36.4 Å². The minimum atomic E-state index is -0.433. The van der Waals surface area contributed by atoms with Gasteiger partial charge in [0.25, 0.3) is 5.56 Å². The quantitative estimate of drug-likeness (QED) is 0.457. The molecule has 0 amide bonds. The Bertz CT molecular complexity index is 1300. The Kier molecular flexibility index (Phi) is 4.00. The molecule has 132 valence electrons. The van der Waals surface area contributed by atoms with Crippen molar-refractivity contribution in [2.45, 2.75) is 6.54 Å². The molecule has 0 saturated heterocycles. The van der Waals surface area contributed by atoms with Crippen LogP contribution in [0.1, 0.15) is 5.56 Å². The van der Waals surface area contributed by atoms with E-state index in [0.29, 0.717) is 26.5 Å². The van der Waals surface area contributed by atoms with Crippen LogP contribution in [0.25, 0.3) is 21.9 Å². The highest BCUT2D eigenvalue weighted by Crippen LogP contribution is 2.27. The second-order valence-electron chi connectivity index (χ2n) is 6.10. The molecule has 0 saturated carbocycles. The summed E-state index contributed by atoms with van der Waals surface area (Å²) in [6.45, 7) is 0.0912. The fourth-order valence-corrected chi connectivity index (χ4v) is 3.77. The first-order valence-corrected chi connectivity index (χ1v) is 9.05. The molecule has 2 aromatic carbocycles. The summed E-state index contributed by atoms with van der Waals surface area (Å²) in [4.78, 5) is 29.9. The maximum Gasteiger partial charge on any atom is 0.332 e. The molecule has 26 heavy (non-hydrogen) atoms. The van der Waals surface area contributed by atoms with Crippen LogP contribution >= 0.6 is 27.5 Å². The lowest BCUT2D eigenvalue weighted by atomic mass is 10.1. The standard InChI is InChI=1S/C18H14BrClN4O2/c1-22-14-15(21-17(22)19)23(2)18(26)24(16(14)25)9-11-8-7-10-5-3-4-6-12(10)13(11)20/h3-8H,9H2,1-2H3. The van der Waals surface area contributed by atoms with Gasteiger partial charge in [-0.2, -0.15) is 0 Å². The van der Waals surface area contributed by atoms with Gasteiger partial charge >= 0.3 is 5.69 Å². The number of hydrogen-bond acceptors (Lipinski definition) is 3. The molecule has 2 heterocycles. The molecule has 0 aliphatic carbocycles. The Morgan fingerprint density at radius 2 is 1.81 bits per heavy atom. The van der Waals surface area contributed by atoms with Gasteiger partial charge in [0.05, 0.1) is 11.6 Å². The van der Waals surface area contributed by atoms with Crippen LogP contribution in [0.3, 0.4) is 0 Å². The number of hydrogen-bond donors (Lipinski definition) is 0. The molecule has 6 nitrogen and oxygen atoms in total. The number of benzene rings is 2. The maximum atomic E-state index is 12.9. The van der Waals surface area contributed by atoms with Crippen molar-refractivity contribution < 1.29 is 0 Å². The Labute approximate surface area is 161 Å². The molecule has 0 aliphatic rings. The van der Waals surface area contributed by atoms with Gasteiger partial charge in [0.15, 0.2) is 15.9 Å². The summed E-state index contributed by atoms with van der Waals surface area (Å²) in [5, 5.41) is 2.44. The molecule has 0 aliphatic heterocycles. The number of nitrogens with zero attached hydrogens (tertiary/aromatic N) is 4. The van der Waals surface area contributed by atoms with E-state index in [0.717, 1.165) is 10.8 Å². The first kappa shape index (κ1) is 17.1. The lowest BCUT2D eigenvalue weighted by Gasteiger charge is -2.11. The highest BCUT2D eigenvalue weighted by molar-refractivity contribution is 9.10. The second-order valence-corrected chi connectivity index (χ2v) is 7.19. The zero-order valence-electron chi connectivity index (χ0n) is 14.0. The third-order valence-electron chi connectivity index (χ3n) is 4.58. The molecule has 0 N–H and O–H groups in total. The molecule has 0 unspecified atom stereocenters. The smallest absolute Gasteiger partial charge is 0.316 e. The van der Waals surface area contributed by atoms with Crippen molar-refractivity contribution in [2.75, 3.05) is 0 Å². The van der Waals surface area contributed by atoms with Gasteiger partial charge < -0.3 is 4.57 Å². The molecule has 4 aromatic rings. The van der Waals surface area contributed by atoms with Crippen molar-refractivity contribution in [3.63, 3.8) is 0 Å². The molecular formula is C18H14BrClN4O2. The van der Waals surface area contributed by atoms with Gasteiger partial charge in [-0.05, 0) is 26.9 Å². The molecule has 0 atom stereocenters. The highest BCUT2D eigenvalue weighted by atomic mass is 79.9. The van der Waals surface area contributed by atoms with Crippen LogP contribution in [0.4, 0.5) is 0 Å². The summed E-state index contributed by atoms with van der Waals surface area (Å²) in [6, 6.07) is 11.5. The normalized spacial score (nSPS) is 11.5. The minimum absolute atomic E-state index is 0.0912. The van der Waals surface area contributed by atoms with Crippen LogP contribution in [-0.2, 0) is 20.6 Å². The molecule has 0 spiro atoms. The monoisotopic (exact) mass is 432 g/mol. The van der Waals surface area contributed by atoms with Crippen molar-refractivity contribution in [3.05, 3.63) is 72.6 Å². The highest BCUT2D eigenvalue weighted by Gasteiger charge is 2.18. The van der Waals surface area contributed by atoms with Crippen molar-refractivity contribution in [2.24, 2.45) is 14.1 Å². The average molecular weight is 434 g/mol. The molecule has 2 aromatic heterocycles. The van der Waals surface area contributed by atoms with E-state index in [1.54, 1.807) is 18.7 Å². The third-order valence-corrected chi connectivity index (χ3v) is 5.73. The number of imidazole rings is 1. The fourth-order valence-electron chi connectivity index (χ4n) is 3.13. The van der Waals surface area contributed by atoms with Gasteiger partial charge in [-0.3, -0.25) is 13.9 Å². The van der Waals surface area contributed by atoms with Crippen LogP contribution in [0.15, 0.2) is 50.7 Å². The Morgan fingerprint density at radius 3 is 2.58 bits per heavy atom. The van der Waals surface area contributed by atoms with Gasteiger partial charge in [-0.15, -0.1) is 0 Å². The summed E-state index contributed by atoms with van der Waals surface area (Å²) >= 11 is 9.84. The van der Waals surface area contributed by atoms with E-state index in [-0.39, 0.29) is 6.54 Å². The van der Waals surface area contributed by atoms with Crippen LogP contribution in [0.2, 0.25) is 5.02 Å². The molecule has 0 bridgehead atoms. The van der Waals surface area contributed by atoms with E-state index in [1.165, 1.54) is 9.13 Å². The van der Waals surface area contributed by atoms with Crippen LogP contribution in [0.5, 0.6) is 0 Å². The average Bonchev–Trinajstić information content (AvgIpc) is 2.94. The molecule has 0 fully saturated rings. The van der Waals surface area contributed by atoms with Crippen molar-refractivity contribution >= 4 is 49.5 Å². The molecule has 8 heteroatoms. The van der Waals surface area contributed by atoms with Gasteiger partial charge in [-0.1, -0.05) is 48.0 Å². The minimum Gasteiger partial charge on any atom is -0.316 e. The van der Waals surface area contributed by atoms with Gasteiger partial charge in [-0.25, -0.2) is 9.78 Å². The number of halogens is 2. The number of aryl methyl sites for hydroxylation is 2. The summed E-state index contributed by atoms with van der Waals surface area (Å²) in [6.07, 6.45) is 0.